The van der Waals surface area contributed by atoms with Crippen LogP contribution in [0.3, 0.4) is 0 Å². The lowest BCUT2D eigenvalue weighted by molar-refractivity contribution is 0.0474. The highest BCUT2D eigenvalue weighted by atomic mass is 32.2. The number of H-pyrrole nitrogens is 1. The fraction of sp³-hybridized carbons (Fsp3) is 0.636. The summed E-state index contributed by atoms with van der Waals surface area (Å²) in [7, 11) is -4.01. The molecule has 0 atom stereocenters. The minimum Gasteiger partial charge on any atom is -0.461 e. The first kappa shape index (κ1) is 14.0. The number of aromatic amines is 1. The van der Waals surface area contributed by atoms with Crippen LogP contribution in [0.4, 0.5) is 0 Å². The van der Waals surface area contributed by atoms with Gasteiger partial charge in [0, 0.05) is 0 Å². The Bertz CT molecular complexity index is 575. The molecule has 19 heavy (non-hydrogen) atoms. The molecule has 1 aliphatic rings. The molecule has 106 valence electrons. The molecule has 1 heterocycles. The number of hydrogen-bond acceptors (Lipinski definition) is 5. The van der Waals surface area contributed by atoms with E-state index in [1.807, 2.05) is 6.92 Å². The molecule has 1 saturated carbocycles. The van der Waals surface area contributed by atoms with Gasteiger partial charge in [-0.15, -0.1) is 0 Å². The van der Waals surface area contributed by atoms with Crippen LogP contribution in [0.5, 0.6) is 0 Å². The topological polar surface area (TPSA) is 115 Å². The standard InChI is InChI=1S/C11H17N3O4S/c1-2-3-8-10(19(12,16)17)9(14-13-8)11(15)18-6-7-4-5-7/h7H,2-6H2,1H3,(H,13,14)(H2,12,16,17). The lowest BCUT2D eigenvalue weighted by Crippen LogP contribution is -2.19. The van der Waals surface area contributed by atoms with Crippen LogP contribution in [-0.2, 0) is 21.2 Å². The van der Waals surface area contributed by atoms with Crippen molar-refractivity contribution in [1.82, 2.24) is 10.2 Å². The van der Waals surface area contributed by atoms with E-state index in [-0.39, 0.29) is 10.6 Å². The molecular weight excluding hydrogens is 270 g/mol. The Balaban J connectivity index is 2.25. The van der Waals surface area contributed by atoms with Gasteiger partial charge in [-0.3, -0.25) is 5.10 Å². The summed E-state index contributed by atoms with van der Waals surface area (Å²) >= 11 is 0. The number of nitrogens with one attached hydrogen (secondary N) is 1. The maximum absolute atomic E-state index is 11.8. The third-order valence-corrected chi connectivity index (χ3v) is 3.93. The van der Waals surface area contributed by atoms with E-state index in [9.17, 15) is 13.2 Å². The molecule has 0 aromatic carbocycles. The van der Waals surface area contributed by atoms with Crippen molar-refractivity contribution < 1.29 is 17.9 Å². The van der Waals surface area contributed by atoms with Crippen molar-refractivity contribution in [2.45, 2.75) is 37.5 Å². The Kier molecular flexibility index (Phi) is 3.91. The first-order chi connectivity index (χ1) is 8.93. The SMILES string of the molecule is CCCc1[nH]nc(C(=O)OCC2CC2)c1S(N)(=O)=O. The Morgan fingerprint density at radius 3 is 2.74 bits per heavy atom. The Hall–Kier alpha value is -1.41. The molecule has 1 fully saturated rings. The van der Waals surface area contributed by atoms with Gasteiger partial charge in [0.15, 0.2) is 5.69 Å². The van der Waals surface area contributed by atoms with Gasteiger partial charge in [0.2, 0.25) is 10.0 Å². The van der Waals surface area contributed by atoms with Gasteiger partial charge in [0.1, 0.15) is 4.90 Å². The summed E-state index contributed by atoms with van der Waals surface area (Å²) in [6.07, 6.45) is 3.24. The first-order valence-corrected chi connectivity index (χ1v) is 7.75. The number of nitrogens with zero attached hydrogens (tertiary/aromatic N) is 1. The number of carbonyl (C=O) groups excluding carboxylic acids is 1. The number of primary sulfonamides is 1. The maximum atomic E-state index is 11.8. The smallest absolute Gasteiger partial charge is 0.360 e. The minimum absolute atomic E-state index is 0.241. The van der Waals surface area contributed by atoms with Gasteiger partial charge in [-0.1, -0.05) is 13.3 Å². The number of ether oxygens (including phenoxy) is 1. The van der Waals surface area contributed by atoms with Crippen LogP contribution in [0, 0.1) is 5.92 Å². The van der Waals surface area contributed by atoms with Gasteiger partial charge in [-0.05, 0) is 25.2 Å². The van der Waals surface area contributed by atoms with E-state index in [0.29, 0.717) is 31.1 Å². The highest BCUT2D eigenvalue weighted by Gasteiger charge is 2.30. The first-order valence-electron chi connectivity index (χ1n) is 6.20. The molecule has 0 radical (unpaired) electrons. The summed E-state index contributed by atoms with van der Waals surface area (Å²) in [6, 6.07) is 0. The van der Waals surface area contributed by atoms with Crippen molar-refractivity contribution >= 4 is 16.0 Å². The van der Waals surface area contributed by atoms with Gasteiger partial charge in [0.25, 0.3) is 0 Å². The molecule has 0 spiro atoms. The molecule has 1 aromatic heterocycles. The van der Waals surface area contributed by atoms with E-state index in [1.165, 1.54) is 0 Å². The van der Waals surface area contributed by atoms with Crippen molar-refractivity contribution in [3.8, 4) is 0 Å². The second-order valence-corrected chi connectivity index (χ2v) is 6.22. The third-order valence-electron chi connectivity index (χ3n) is 2.92. The number of aryl methyl sites for hydroxylation is 1. The fourth-order valence-corrected chi connectivity index (χ4v) is 2.67. The molecule has 1 aromatic rings. The van der Waals surface area contributed by atoms with Gasteiger partial charge in [-0.2, -0.15) is 5.10 Å². The Labute approximate surface area is 111 Å². The van der Waals surface area contributed by atoms with Crippen molar-refractivity contribution in [2.24, 2.45) is 11.1 Å². The zero-order valence-electron chi connectivity index (χ0n) is 10.7. The molecular formula is C11H17N3O4S. The van der Waals surface area contributed by atoms with Crippen LogP contribution in [-0.4, -0.2) is 31.2 Å². The van der Waals surface area contributed by atoms with Crippen molar-refractivity contribution in [1.29, 1.82) is 0 Å². The zero-order valence-corrected chi connectivity index (χ0v) is 11.5. The highest BCUT2D eigenvalue weighted by molar-refractivity contribution is 7.89. The number of esters is 1. The fourth-order valence-electron chi connectivity index (χ4n) is 1.78. The van der Waals surface area contributed by atoms with Gasteiger partial charge in [0.05, 0.1) is 12.3 Å². The minimum atomic E-state index is -4.01. The lowest BCUT2D eigenvalue weighted by atomic mass is 10.2. The van der Waals surface area contributed by atoms with Crippen LogP contribution in [0.15, 0.2) is 4.90 Å². The number of aromatic nitrogens is 2. The number of nitrogens with two attached hydrogens (primary N) is 1. The Morgan fingerprint density at radius 1 is 1.53 bits per heavy atom. The molecule has 0 aliphatic heterocycles. The van der Waals surface area contributed by atoms with Crippen molar-refractivity contribution in [3.05, 3.63) is 11.4 Å². The third kappa shape index (κ3) is 3.32. The van der Waals surface area contributed by atoms with E-state index < -0.39 is 16.0 Å². The summed E-state index contributed by atoms with van der Waals surface area (Å²) in [5, 5.41) is 11.4. The van der Waals surface area contributed by atoms with Crippen LogP contribution >= 0.6 is 0 Å². The monoisotopic (exact) mass is 287 g/mol. The van der Waals surface area contributed by atoms with Crippen molar-refractivity contribution in [3.63, 3.8) is 0 Å². The molecule has 2 rings (SSSR count). The lowest BCUT2D eigenvalue weighted by Gasteiger charge is -2.04. The van der Waals surface area contributed by atoms with Gasteiger partial charge >= 0.3 is 5.97 Å². The molecule has 8 heteroatoms. The second-order valence-electron chi connectivity index (χ2n) is 4.72. The number of carbonyl (C=O) groups is 1. The average molecular weight is 287 g/mol. The van der Waals surface area contributed by atoms with E-state index in [1.54, 1.807) is 0 Å². The Morgan fingerprint density at radius 2 is 2.21 bits per heavy atom. The summed E-state index contributed by atoms with van der Waals surface area (Å²) < 4.78 is 28.2. The van der Waals surface area contributed by atoms with Crippen molar-refractivity contribution in [2.75, 3.05) is 6.61 Å². The largest absolute Gasteiger partial charge is 0.461 e. The molecule has 0 saturated heterocycles. The molecule has 7 nitrogen and oxygen atoms in total. The molecule has 3 N–H and O–H groups in total. The summed E-state index contributed by atoms with van der Waals surface area (Å²) in [5.41, 5.74) is 0.106. The molecule has 0 bridgehead atoms. The zero-order chi connectivity index (χ0) is 14.0. The summed E-state index contributed by atoms with van der Waals surface area (Å²) in [5.74, 6) is -0.342. The predicted molar refractivity (Wildman–Crippen MR) is 67.0 cm³/mol. The van der Waals surface area contributed by atoms with Crippen LogP contribution < -0.4 is 5.14 Å². The maximum Gasteiger partial charge on any atom is 0.360 e. The number of rotatable bonds is 6. The van der Waals surface area contributed by atoms with Gasteiger partial charge < -0.3 is 4.74 Å². The van der Waals surface area contributed by atoms with Crippen LogP contribution in [0.1, 0.15) is 42.4 Å². The highest BCUT2D eigenvalue weighted by Crippen LogP contribution is 2.29. The van der Waals surface area contributed by atoms with Crippen LogP contribution in [0.25, 0.3) is 0 Å². The molecule has 0 unspecified atom stereocenters. The molecule has 0 amide bonds. The predicted octanol–water partition coefficient (Wildman–Crippen LogP) is 0.576. The van der Waals surface area contributed by atoms with E-state index in [2.05, 4.69) is 10.2 Å². The van der Waals surface area contributed by atoms with Crippen LogP contribution in [0.2, 0.25) is 0 Å². The molecule has 1 aliphatic carbocycles. The second kappa shape index (κ2) is 5.30. The number of hydrogen-bond donors (Lipinski definition) is 2. The average Bonchev–Trinajstić information content (AvgIpc) is 3.04. The summed E-state index contributed by atoms with van der Waals surface area (Å²) in [4.78, 5) is 11.6. The summed E-state index contributed by atoms with van der Waals surface area (Å²) in [6.45, 7) is 2.19. The van der Waals surface area contributed by atoms with E-state index in [4.69, 9.17) is 9.88 Å². The normalized spacial score (nSPS) is 15.5. The van der Waals surface area contributed by atoms with Gasteiger partial charge in [-0.25, -0.2) is 18.4 Å². The number of sulfonamides is 1. The quantitative estimate of drug-likeness (QED) is 0.742. The van der Waals surface area contributed by atoms with E-state index in [0.717, 1.165) is 12.8 Å². The van der Waals surface area contributed by atoms with E-state index >= 15 is 0 Å².